The Kier molecular flexibility index (Phi) is 4.99. The zero-order valence-corrected chi connectivity index (χ0v) is 15.8. The van der Waals surface area contributed by atoms with Crippen molar-refractivity contribution in [1.82, 2.24) is 9.97 Å². The van der Waals surface area contributed by atoms with Gasteiger partial charge in [0.25, 0.3) is 5.91 Å². The molecule has 4 rings (SSSR count). The fraction of sp³-hybridized carbons (Fsp3) is 0.0952. The monoisotopic (exact) mass is 393 g/mol. The zero-order chi connectivity index (χ0) is 19.5. The number of fused-ring (bicyclic) bond motifs is 1. The summed E-state index contributed by atoms with van der Waals surface area (Å²) in [6.45, 7) is 1.77. The van der Waals surface area contributed by atoms with Crippen LogP contribution in [0.1, 0.15) is 5.56 Å². The Labute approximate surface area is 164 Å². The lowest BCUT2D eigenvalue weighted by Crippen LogP contribution is -2.20. The number of amides is 1. The summed E-state index contributed by atoms with van der Waals surface area (Å²) in [6, 6.07) is 13.7. The van der Waals surface area contributed by atoms with Crippen LogP contribution in [-0.4, -0.2) is 22.5 Å². The number of halogens is 1. The molecule has 0 fully saturated rings. The van der Waals surface area contributed by atoms with Crippen molar-refractivity contribution in [1.29, 1.82) is 0 Å². The Balaban J connectivity index is 1.56. The van der Waals surface area contributed by atoms with Gasteiger partial charge in [0.15, 0.2) is 6.61 Å². The maximum Gasteiger partial charge on any atom is 0.262 e. The molecule has 0 spiro atoms. The number of hydrogen-bond donors (Lipinski definition) is 1. The molecule has 2 heterocycles. The second-order valence-electron chi connectivity index (χ2n) is 6.22. The maximum absolute atomic E-state index is 13.2. The van der Waals surface area contributed by atoms with Crippen molar-refractivity contribution in [3.8, 4) is 17.0 Å². The van der Waals surface area contributed by atoms with E-state index in [9.17, 15) is 9.18 Å². The van der Waals surface area contributed by atoms with Gasteiger partial charge in [0.05, 0.1) is 5.39 Å². The number of rotatable bonds is 5. The highest BCUT2D eigenvalue weighted by Crippen LogP contribution is 2.37. The van der Waals surface area contributed by atoms with E-state index >= 15 is 0 Å². The van der Waals surface area contributed by atoms with Gasteiger partial charge in [-0.1, -0.05) is 24.3 Å². The first-order chi connectivity index (χ1) is 13.6. The normalized spacial score (nSPS) is 10.8. The van der Waals surface area contributed by atoms with Crippen molar-refractivity contribution in [2.24, 2.45) is 0 Å². The lowest BCUT2D eigenvalue weighted by molar-refractivity contribution is -0.118. The molecule has 1 N–H and O–H groups in total. The number of aryl methyl sites for hydroxylation is 1. The molecule has 0 bridgehead atoms. The Morgan fingerprint density at radius 2 is 2.00 bits per heavy atom. The van der Waals surface area contributed by atoms with Gasteiger partial charge < -0.3 is 10.1 Å². The van der Waals surface area contributed by atoms with Crippen LogP contribution in [0.2, 0.25) is 0 Å². The highest BCUT2D eigenvalue weighted by molar-refractivity contribution is 7.17. The van der Waals surface area contributed by atoms with E-state index in [1.807, 2.05) is 36.6 Å². The summed E-state index contributed by atoms with van der Waals surface area (Å²) >= 11 is 1.44. The Bertz CT molecular complexity index is 1140. The van der Waals surface area contributed by atoms with Crippen LogP contribution >= 0.6 is 11.3 Å². The molecule has 0 radical (unpaired) electrons. The fourth-order valence-electron chi connectivity index (χ4n) is 2.85. The van der Waals surface area contributed by atoms with Gasteiger partial charge in [0, 0.05) is 16.6 Å². The molecule has 0 saturated carbocycles. The lowest BCUT2D eigenvalue weighted by atomic mass is 10.1. The van der Waals surface area contributed by atoms with Crippen LogP contribution in [0.25, 0.3) is 21.3 Å². The molecule has 140 valence electrons. The molecule has 0 aliphatic rings. The Hall–Kier alpha value is -3.32. The maximum atomic E-state index is 13.2. The van der Waals surface area contributed by atoms with E-state index in [2.05, 4.69) is 15.3 Å². The first kappa shape index (κ1) is 18.1. The predicted molar refractivity (Wildman–Crippen MR) is 108 cm³/mol. The number of benzene rings is 2. The van der Waals surface area contributed by atoms with Crippen LogP contribution in [0.15, 0.2) is 60.2 Å². The van der Waals surface area contributed by atoms with Crippen molar-refractivity contribution in [2.45, 2.75) is 6.92 Å². The molecule has 4 aromatic rings. The van der Waals surface area contributed by atoms with Crippen molar-refractivity contribution in [2.75, 3.05) is 11.9 Å². The third-order valence-electron chi connectivity index (χ3n) is 4.13. The molecular weight excluding hydrogens is 377 g/mol. The molecule has 0 unspecified atom stereocenters. The third-order valence-corrected chi connectivity index (χ3v) is 5.02. The third kappa shape index (κ3) is 3.84. The standard InChI is InChI=1S/C21H16FN3O2S/c1-13-3-2-4-16(9-13)25-18(26)10-27-20-19-17(11-28-21(19)24-12-23-20)14-5-7-15(22)8-6-14/h2-9,11-12H,10H2,1H3,(H,25,26). The summed E-state index contributed by atoms with van der Waals surface area (Å²) in [5.41, 5.74) is 3.44. The van der Waals surface area contributed by atoms with E-state index in [-0.39, 0.29) is 18.3 Å². The van der Waals surface area contributed by atoms with Crippen molar-refractivity contribution < 1.29 is 13.9 Å². The van der Waals surface area contributed by atoms with Gasteiger partial charge in [-0.15, -0.1) is 11.3 Å². The smallest absolute Gasteiger partial charge is 0.262 e. The summed E-state index contributed by atoms with van der Waals surface area (Å²) in [5.74, 6) is -0.260. The first-order valence-electron chi connectivity index (χ1n) is 8.57. The highest BCUT2D eigenvalue weighted by Gasteiger charge is 2.15. The molecule has 2 aromatic carbocycles. The summed E-state index contributed by atoms with van der Waals surface area (Å²) < 4.78 is 18.9. The number of nitrogens with zero attached hydrogens (tertiary/aromatic N) is 2. The lowest BCUT2D eigenvalue weighted by Gasteiger charge is -2.09. The number of carbonyl (C=O) groups is 1. The molecule has 0 atom stereocenters. The van der Waals surface area contributed by atoms with Gasteiger partial charge in [0.2, 0.25) is 5.88 Å². The average molecular weight is 393 g/mol. The Morgan fingerprint density at radius 1 is 1.18 bits per heavy atom. The number of carbonyl (C=O) groups excluding carboxylic acids is 1. The first-order valence-corrected chi connectivity index (χ1v) is 9.45. The largest absolute Gasteiger partial charge is 0.467 e. The van der Waals surface area contributed by atoms with Crippen LogP contribution in [-0.2, 0) is 4.79 Å². The molecule has 28 heavy (non-hydrogen) atoms. The van der Waals surface area contributed by atoms with E-state index < -0.39 is 0 Å². The average Bonchev–Trinajstić information content (AvgIpc) is 3.12. The molecule has 7 heteroatoms. The van der Waals surface area contributed by atoms with Crippen LogP contribution in [0.3, 0.4) is 0 Å². The molecule has 0 aliphatic heterocycles. The second kappa shape index (κ2) is 7.74. The second-order valence-corrected chi connectivity index (χ2v) is 7.08. The molecule has 5 nitrogen and oxygen atoms in total. The van der Waals surface area contributed by atoms with Crippen LogP contribution in [0.4, 0.5) is 10.1 Å². The van der Waals surface area contributed by atoms with E-state index in [1.165, 1.54) is 29.8 Å². The summed E-state index contributed by atoms with van der Waals surface area (Å²) in [7, 11) is 0. The van der Waals surface area contributed by atoms with Gasteiger partial charge in [0.1, 0.15) is 17.0 Å². The minimum Gasteiger partial charge on any atom is -0.467 e. The van der Waals surface area contributed by atoms with Crippen molar-refractivity contribution in [3.63, 3.8) is 0 Å². The highest BCUT2D eigenvalue weighted by atomic mass is 32.1. The molecule has 2 aromatic heterocycles. The number of aromatic nitrogens is 2. The minimum atomic E-state index is -0.302. The van der Waals surface area contributed by atoms with Gasteiger partial charge in [-0.05, 0) is 42.3 Å². The number of hydrogen-bond acceptors (Lipinski definition) is 5. The van der Waals surface area contributed by atoms with Gasteiger partial charge in [-0.3, -0.25) is 4.79 Å². The minimum absolute atomic E-state index is 0.182. The van der Waals surface area contributed by atoms with Crippen molar-refractivity contribution in [3.05, 3.63) is 71.6 Å². The summed E-state index contributed by atoms with van der Waals surface area (Å²) in [5, 5.41) is 5.43. The number of thiophene rings is 1. The van der Waals surface area contributed by atoms with E-state index in [1.54, 1.807) is 12.1 Å². The molecule has 1 amide bonds. The van der Waals surface area contributed by atoms with Gasteiger partial charge in [-0.2, -0.15) is 0 Å². The van der Waals surface area contributed by atoms with E-state index in [0.717, 1.165) is 21.5 Å². The number of nitrogens with one attached hydrogen (secondary N) is 1. The quantitative estimate of drug-likeness (QED) is 0.528. The van der Waals surface area contributed by atoms with Gasteiger partial charge >= 0.3 is 0 Å². The summed E-state index contributed by atoms with van der Waals surface area (Å²) in [6.07, 6.45) is 1.40. The number of ether oxygens (including phenoxy) is 1. The SMILES string of the molecule is Cc1cccc(NC(=O)COc2ncnc3scc(-c4ccc(F)cc4)c23)c1. The summed E-state index contributed by atoms with van der Waals surface area (Å²) in [4.78, 5) is 21.4. The van der Waals surface area contributed by atoms with Crippen molar-refractivity contribution >= 4 is 33.1 Å². The van der Waals surface area contributed by atoms with Crippen LogP contribution < -0.4 is 10.1 Å². The molecular formula is C21H16FN3O2S. The van der Waals surface area contributed by atoms with Crippen LogP contribution in [0, 0.1) is 12.7 Å². The van der Waals surface area contributed by atoms with Gasteiger partial charge in [-0.25, -0.2) is 14.4 Å². The Morgan fingerprint density at radius 3 is 2.79 bits per heavy atom. The number of anilines is 1. The predicted octanol–water partition coefficient (Wildman–Crippen LogP) is 4.82. The van der Waals surface area contributed by atoms with E-state index in [0.29, 0.717) is 17.0 Å². The fourth-order valence-corrected chi connectivity index (χ4v) is 3.76. The van der Waals surface area contributed by atoms with E-state index in [4.69, 9.17) is 4.74 Å². The molecule has 0 aliphatic carbocycles. The topological polar surface area (TPSA) is 64.1 Å². The zero-order valence-electron chi connectivity index (χ0n) is 15.0. The molecule has 0 saturated heterocycles. The van der Waals surface area contributed by atoms with Crippen LogP contribution in [0.5, 0.6) is 5.88 Å².